The van der Waals surface area contributed by atoms with E-state index in [9.17, 15) is 14.7 Å². The number of allylic oxidation sites excluding steroid dienone is 1. The van der Waals surface area contributed by atoms with Gasteiger partial charge in [0.05, 0.1) is 40.9 Å². The van der Waals surface area contributed by atoms with E-state index in [2.05, 4.69) is 40.8 Å². The third-order valence-corrected chi connectivity index (χ3v) is 10.4. The molecule has 2 fully saturated rings. The van der Waals surface area contributed by atoms with Gasteiger partial charge in [0, 0.05) is 5.92 Å². The summed E-state index contributed by atoms with van der Waals surface area (Å²) in [5.41, 5.74) is 5.90. The zero-order valence-electron chi connectivity index (χ0n) is 26.6. The molecule has 0 bridgehead atoms. The summed E-state index contributed by atoms with van der Waals surface area (Å²) in [4.78, 5) is 29.2. The van der Waals surface area contributed by atoms with E-state index in [0.717, 1.165) is 33.6 Å². The molecule has 0 spiro atoms. The number of imide groups is 1. The number of nitrogens with zero attached hydrogens (tertiary/aromatic N) is 1. The number of para-hydroxylation sites is 2. The van der Waals surface area contributed by atoms with Crippen molar-refractivity contribution >= 4 is 51.7 Å². The van der Waals surface area contributed by atoms with Crippen LogP contribution in [0.4, 0.5) is 5.69 Å². The maximum atomic E-state index is 14.0. The van der Waals surface area contributed by atoms with Gasteiger partial charge in [0.25, 0.3) is 0 Å². The quantitative estimate of drug-likeness (QED) is 0.0767. The Bertz CT molecular complexity index is 1870. The Hall–Kier alpha value is -4.41. The van der Waals surface area contributed by atoms with Crippen LogP contribution in [0.2, 0.25) is 0 Å². The van der Waals surface area contributed by atoms with Gasteiger partial charge in [-0.2, -0.15) is 0 Å². The third-order valence-electron chi connectivity index (χ3n) is 9.61. The van der Waals surface area contributed by atoms with Crippen molar-refractivity contribution in [1.82, 2.24) is 0 Å². The number of ether oxygens (including phenoxy) is 3. The highest BCUT2D eigenvalue weighted by Gasteiger charge is 2.57. The minimum atomic E-state index is -0.464. The summed E-state index contributed by atoms with van der Waals surface area (Å²) >= 11 is 2.12. The van der Waals surface area contributed by atoms with E-state index in [1.54, 1.807) is 7.11 Å². The van der Waals surface area contributed by atoms with Crippen molar-refractivity contribution in [2.75, 3.05) is 25.2 Å². The fourth-order valence-electron chi connectivity index (χ4n) is 7.40. The molecule has 4 atom stereocenters. The van der Waals surface area contributed by atoms with Crippen LogP contribution in [-0.4, -0.2) is 43.3 Å². The number of halogens is 1. The Morgan fingerprint density at radius 2 is 1.62 bits per heavy atom. The molecular weight excluding hydrogens is 717 g/mol. The molecule has 48 heavy (non-hydrogen) atoms. The van der Waals surface area contributed by atoms with Gasteiger partial charge in [0.1, 0.15) is 12.4 Å². The van der Waals surface area contributed by atoms with Crippen molar-refractivity contribution in [1.29, 1.82) is 0 Å². The molecule has 0 saturated carbocycles. The lowest BCUT2D eigenvalue weighted by molar-refractivity contribution is -0.122. The van der Waals surface area contributed by atoms with Crippen LogP contribution in [0.15, 0.2) is 114 Å². The van der Waals surface area contributed by atoms with Crippen LogP contribution in [0.25, 0.3) is 11.6 Å². The number of phenols is 1. The Labute approximate surface area is 294 Å². The Balaban J connectivity index is 1.21. The number of fused-ring (bicyclic) bond motifs is 3. The summed E-state index contributed by atoms with van der Waals surface area (Å²) in [5, 5.41) is 10.4. The van der Waals surface area contributed by atoms with Crippen LogP contribution in [-0.2, 0) is 14.3 Å². The lowest BCUT2D eigenvalue weighted by Gasteiger charge is -2.31. The van der Waals surface area contributed by atoms with Crippen LogP contribution in [0.5, 0.6) is 17.2 Å². The molecule has 4 aromatic rings. The second kappa shape index (κ2) is 14.0. The molecule has 0 aromatic heterocycles. The number of phenolic OH excluding ortho intramolecular Hbond substituents is 1. The van der Waals surface area contributed by atoms with Gasteiger partial charge in [-0.1, -0.05) is 72.8 Å². The first-order chi connectivity index (χ1) is 23.4. The number of rotatable bonds is 10. The van der Waals surface area contributed by atoms with Gasteiger partial charge in [-0.3, -0.25) is 14.5 Å². The highest BCUT2D eigenvalue weighted by molar-refractivity contribution is 14.1. The van der Waals surface area contributed by atoms with Crippen molar-refractivity contribution in [3.63, 3.8) is 0 Å². The Morgan fingerprint density at radius 1 is 0.938 bits per heavy atom. The molecule has 2 heterocycles. The zero-order chi connectivity index (χ0) is 33.2. The normalized spacial score (nSPS) is 22.1. The molecule has 7 rings (SSSR count). The van der Waals surface area contributed by atoms with Gasteiger partial charge >= 0.3 is 0 Å². The number of aromatic hydroxyl groups is 1. The van der Waals surface area contributed by atoms with Crippen LogP contribution >= 0.6 is 22.6 Å². The van der Waals surface area contributed by atoms with Gasteiger partial charge < -0.3 is 19.3 Å². The number of hydrogen-bond acceptors (Lipinski definition) is 6. The van der Waals surface area contributed by atoms with Crippen molar-refractivity contribution in [3.05, 3.63) is 129 Å². The summed E-state index contributed by atoms with van der Waals surface area (Å²) in [6, 6.07) is 32.9. The average molecular weight is 754 g/mol. The minimum absolute atomic E-state index is 0.125. The molecule has 1 aliphatic carbocycles. The molecule has 8 heteroatoms. The molecule has 2 saturated heterocycles. The van der Waals surface area contributed by atoms with Crippen molar-refractivity contribution < 1.29 is 28.9 Å². The third kappa shape index (κ3) is 6.26. The topological polar surface area (TPSA) is 85.3 Å². The van der Waals surface area contributed by atoms with Gasteiger partial charge in [-0.15, -0.1) is 0 Å². The maximum Gasteiger partial charge on any atom is 0.238 e. The van der Waals surface area contributed by atoms with Crippen LogP contribution in [0.3, 0.4) is 0 Å². The predicted molar refractivity (Wildman–Crippen MR) is 194 cm³/mol. The minimum Gasteiger partial charge on any atom is -0.504 e. The van der Waals surface area contributed by atoms with Crippen LogP contribution in [0.1, 0.15) is 30.4 Å². The van der Waals surface area contributed by atoms with E-state index in [0.29, 0.717) is 47.5 Å². The smallest absolute Gasteiger partial charge is 0.238 e. The number of amides is 2. The van der Waals surface area contributed by atoms with E-state index in [1.165, 1.54) is 4.90 Å². The molecular formula is C40H36INO6. The summed E-state index contributed by atoms with van der Waals surface area (Å²) in [5.74, 6) is -0.0962. The summed E-state index contributed by atoms with van der Waals surface area (Å²) in [6.45, 7) is 0.717. The summed E-state index contributed by atoms with van der Waals surface area (Å²) in [6.07, 6.45) is 3.77. The van der Waals surface area contributed by atoms with Crippen LogP contribution < -0.4 is 14.4 Å². The molecule has 0 radical (unpaired) electrons. The van der Waals surface area contributed by atoms with E-state index in [-0.39, 0.29) is 29.6 Å². The SMILES string of the molecule is COc1cc(/C=C(/CC[C@H]2OC[C@H]3C2=C(COc2ccccc2)C[C@H]2C(=O)N(c4ccccc4)C(=O)[C@H]23)c2ccccc2)cc(I)c1O. The van der Waals surface area contributed by atoms with Crippen molar-refractivity contribution in [3.8, 4) is 17.2 Å². The average Bonchev–Trinajstić information content (AvgIpc) is 3.65. The largest absolute Gasteiger partial charge is 0.504 e. The van der Waals surface area contributed by atoms with Gasteiger partial charge in [0.2, 0.25) is 11.8 Å². The first kappa shape index (κ1) is 32.2. The second-order valence-corrected chi connectivity index (χ2v) is 13.6. The number of hydrogen-bond donors (Lipinski definition) is 1. The van der Waals surface area contributed by atoms with E-state index < -0.39 is 11.8 Å². The molecule has 2 aliphatic heterocycles. The number of methoxy groups -OCH3 is 1. The van der Waals surface area contributed by atoms with Crippen molar-refractivity contribution in [2.24, 2.45) is 17.8 Å². The Morgan fingerprint density at radius 3 is 2.33 bits per heavy atom. The zero-order valence-corrected chi connectivity index (χ0v) is 28.7. The standard InChI is InChI=1S/C40H36INO6/c1-46-35-21-25(20-33(41)38(35)43)19-27(26-11-5-2-6-12-26)17-18-34-36-28(23-47-30-15-9-4-10-16-30)22-31-37(32(36)24-48-34)40(45)42(39(31)44)29-13-7-3-8-14-29/h2-16,19-21,31-32,34,37,43H,17-18,22-24H2,1H3/b27-19-/t31-,32+,34-,37-/m1/s1. The van der Waals surface area contributed by atoms with Gasteiger partial charge in [-0.25, -0.2) is 0 Å². The fraction of sp³-hybridized carbons (Fsp3) is 0.250. The first-order valence-corrected chi connectivity index (χ1v) is 17.3. The highest BCUT2D eigenvalue weighted by Crippen LogP contribution is 2.51. The molecule has 2 amide bonds. The molecule has 0 unspecified atom stereocenters. The molecule has 7 nitrogen and oxygen atoms in total. The van der Waals surface area contributed by atoms with Crippen molar-refractivity contribution in [2.45, 2.75) is 25.4 Å². The summed E-state index contributed by atoms with van der Waals surface area (Å²) < 4.78 is 19.0. The number of carbonyl (C=O) groups excluding carboxylic acids is 2. The summed E-state index contributed by atoms with van der Waals surface area (Å²) in [7, 11) is 1.55. The molecule has 3 aliphatic rings. The monoisotopic (exact) mass is 753 g/mol. The first-order valence-electron chi connectivity index (χ1n) is 16.2. The maximum absolute atomic E-state index is 14.0. The molecule has 1 N–H and O–H groups in total. The number of benzene rings is 4. The van der Waals surface area contributed by atoms with E-state index in [4.69, 9.17) is 14.2 Å². The molecule has 244 valence electrons. The van der Waals surface area contributed by atoms with Gasteiger partial charge in [0.15, 0.2) is 11.5 Å². The lowest BCUT2D eigenvalue weighted by atomic mass is 9.69. The van der Waals surface area contributed by atoms with E-state index >= 15 is 0 Å². The van der Waals surface area contributed by atoms with E-state index in [1.807, 2.05) is 91.0 Å². The molecule has 4 aromatic carbocycles. The highest BCUT2D eigenvalue weighted by atomic mass is 127. The fourth-order valence-corrected chi connectivity index (χ4v) is 8.02. The Kier molecular flexibility index (Phi) is 9.36. The number of anilines is 1. The second-order valence-electron chi connectivity index (χ2n) is 12.4. The lowest BCUT2D eigenvalue weighted by Crippen LogP contribution is -2.35. The predicted octanol–water partition coefficient (Wildman–Crippen LogP) is 7.93. The van der Waals surface area contributed by atoms with Crippen LogP contribution in [0, 0.1) is 21.3 Å². The number of carbonyl (C=O) groups is 2. The van der Waals surface area contributed by atoms with Gasteiger partial charge in [-0.05, 0) is 106 Å².